The molecule has 0 spiro atoms. The van der Waals surface area contributed by atoms with E-state index in [9.17, 15) is 13.2 Å². The standard InChI is InChI=1S/C21H18N4O3S/c26-20(25-21-23-18-8-4-5-9-19(18)24-21)16-12-10-15(11-13-16)14-22-29(27,28)17-6-2-1-3-7-17/h1-13,22H,14H2,(H2,23,24,25,26). The van der Waals surface area contributed by atoms with Crippen LogP contribution in [0.3, 0.4) is 0 Å². The maximum Gasteiger partial charge on any atom is 0.257 e. The zero-order chi connectivity index (χ0) is 20.3. The molecule has 0 unspecified atom stereocenters. The Morgan fingerprint density at radius 1 is 0.897 bits per heavy atom. The molecule has 3 N–H and O–H groups in total. The molecule has 0 saturated heterocycles. The first kappa shape index (κ1) is 18.9. The largest absolute Gasteiger partial charge is 0.324 e. The molecule has 7 nitrogen and oxygen atoms in total. The average Bonchev–Trinajstić information content (AvgIpc) is 3.15. The van der Waals surface area contributed by atoms with Crippen LogP contribution in [0.2, 0.25) is 0 Å². The Bertz CT molecular complexity index is 1220. The first-order valence-electron chi connectivity index (χ1n) is 8.91. The number of nitrogens with zero attached hydrogens (tertiary/aromatic N) is 1. The van der Waals surface area contributed by atoms with Crippen LogP contribution in [0.1, 0.15) is 15.9 Å². The lowest BCUT2D eigenvalue weighted by Crippen LogP contribution is -2.23. The van der Waals surface area contributed by atoms with E-state index in [-0.39, 0.29) is 17.3 Å². The second-order valence-corrected chi connectivity index (χ2v) is 8.16. The third-order valence-electron chi connectivity index (χ3n) is 4.36. The van der Waals surface area contributed by atoms with Gasteiger partial charge in [-0.15, -0.1) is 0 Å². The molecule has 0 aliphatic heterocycles. The van der Waals surface area contributed by atoms with Gasteiger partial charge in [-0.3, -0.25) is 10.1 Å². The summed E-state index contributed by atoms with van der Waals surface area (Å²) in [6, 6.07) is 22.4. The predicted molar refractivity (Wildman–Crippen MR) is 111 cm³/mol. The van der Waals surface area contributed by atoms with E-state index in [1.165, 1.54) is 12.1 Å². The number of imidazole rings is 1. The maximum atomic E-state index is 12.4. The molecule has 4 aromatic rings. The number of amides is 1. The Morgan fingerprint density at radius 3 is 2.31 bits per heavy atom. The molecule has 0 aliphatic carbocycles. The van der Waals surface area contributed by atoms with Gasteiger partial charge in [0.05, 0.1) is 15.9 Å². The minimum atomic E-state index is -3.58. The summed E-state index contributed by atoms with van der Waals surface area (Å²) in [5.74, 6) is 0.0661. The van der Waals surface area contributed by atoms with Crippen molar-refractivity contribution in [3.8, 4) is 0 Å². The number of nitrogens with one attached hydrogen (secondary N) is 3. The molecular weight excluding hydrogens is 388 g/mol. The number of anilines is 1. The molecule has 0 atom stereocenters. The molecule has 146 valence electrons. The van der Waals surface area contributed by atoms with Crippen LogP contribution in [0, 0.1) is 0 Å². The van der Waals surface area contributed by atoms with Crippen molar-refractivity contribution in [1.82, 2.24) is 14.7 Å². The number of para-hydroxylation sites is 2. The predicted octanol–water partition coefficient (Wildman–Crippen LogP) is 3.29. The number of H-pyrrole nitrogens is 1. The Hall–Kier alpha value is -3.49. The molecule has 0 aliphatic rings. The summed E-state index contributed by atoms with van der Waals surface area (Å²) in [5, 5.41) is 2.73. The highest BCUT2D eigenvalue weighted by atomic mass is 32.2. The number of aromatic amines is 1. The number of carbonyl (C=O) groups is 1. The second kappa shape index (κ2) is 7.86. The number of fused-ring (bicyclic) bond motifs is 1. The van der Waals surface area contributed by atoms with Crippen molar-refractivity contribution < 1.29 is 13.2 Å². The van der Waals surface area contributed by atoms with Crippen LogP contribution in [0.4, 0.5) is 5.95 Å². The van der Waals surface area contributed by atoms with Crippen LogP contribution in [0.15, 0.2) is 83.8 Å². The van der Waals surface area contributed by atoms with Crippen molar-refractivity contribution >= 4 is 32.9 Å². The fourth-order valence-electron chi connectivity index (χ4n) is 2.83. The number of hydrogen-bond acceptors (Lipinski definition) is 4. The van der Waals surface area contributed by atoms with Gasteiger partial charge < -0.3 is 4.98 Å². The molecule has 0 saturated carbocycles. The van der Waals surface area contributed by atoms with Crippen molar-refractivity contribution in [2.45, 2.75) is 11.4 Å². The van der Waals surface area contributed by atoms with Gasteiger partial charge >= 0.3 is 0 Å². The van der Waals surface area contributed by atoms with Gasteiger partial charge in [-0.1, -0.05) is 42.5 Å². The highest BCUT2D eigenvalue weighted by Gasteiger charge is 2.13. The lowest BCUT2D eigenvalue weighted by molar-refractivity contribution is 0.102. The quantitative estimate of drug-likeness (QED) is 0.457. The first-order valence-corrected chi connectivity index (χ1v) is 10.4. The van der Waals surface area contributed by atoms with Gasteiger partial charge in [0.1, 0.15) is 0 Å². The van der Waals surface area contributed by atoms with E-state index in [1.54, 1.807) is 42.5 Å². The average molecular weight is 406 g/mol. The summed E-state index contributed by atoms with van der Waals surface area (Å²) >= 11 is 0. The number of aromatic nitrogens is 2. The summed E-state index contributed by atoms with van der Waals surface area (Å²) < 4.78 is 27.1. The fourth-order valence-corrected chi connectivity index (χ4v) is 3.87. The fraction of sp³-hybridized carbons (Fsp3) is 0.0476. The van der Waals surface area contributed by atoms with Crippen LogP contribution >= 0.6 is 0 Å². The summed E-state index contributed by atoms with van der Waals surface area (Å²) in [6.07, 6.45) is 0. The summed E-state index contributed by atoms with van der Waals surface area (Å²) in [5.41, 5.74) is 2.79. The Morgan fingerprint density at radius 2 is 1.59 bits per heavy atom. The molecule has 1 amide bonds. The molecule has 0 fully saturated rings. The van der Waals surface area contributed by atoms with Crippen LogP contribution in [-0.4, -0.2) is 24.3 Å². The lowest BCUT2D eigenvalue weighted by atomic mass is 10.1. The summed E-state index contributed by atoms with van der Waals surface area (Å²) in [7, 11) is -3.58. The highest BCUT2D eigenvalue weighted by molar-refractivity contribution is 7.89. The minimum Gasteiger partial charge on any atom is -0.324 e. The summed E-state index contributed by atoms with van der Waals surface area (Å²) in [4.78, 5) is 20.0. The number of rotatable bonds is 6. The van der Waals surface area contributed by atoms with E-state index in [0.717, 1.165) is 16.6 Å². The third kappa shape index (κ3) is 4.34. The topological polar surface area (TPSA) is 104 Å². The van der Waals surface area contributed by atoms with Crippen molar-refractivity contribution in [3.63, 3.8) is 0 Å². The number of hydrogen-bond donors (Lipinski definition) is 3. The van der Waals surface area contributed by atoms with Gasteiger partial charge in [0.2, 0.25) is 16.0 Å². The molecule has 3 aromatic carbocycles. The summed E-state index contributed by atoms with van der Waals surface area (Å²) in [6.45, 7) is 0.128. The maximum absolute atomic E-state index is 12.4. The second-order valence-electron chi connectivity index (χ2n) is 6.39. The molecule has 4 rings (SSSR count). The van der Waals surface area contributed by atoms with Gasteiger partial charge in [-0.25, -0.2) is 18.1 Å². The van der Waals surface area contributed by atoms with Crippen molar-refractivity contribution in [1.29, 1.82) is 0 Å². The number of carbonyl (C=O) groups excluding carboxylic acids is 1. The molecule has 1 aromatic heterocycles. The smallest absolute Gasteiger partial charge is 0.257 e. The van der Waals surface area contributed by atoms with E-state index in [1.807, 2.05) is 24.3 Å². The normalized spacial score (nSPS) is 11.4. The van der Waals surface area contributed by atoms with Gasteiger partial charge in [0.15, 0.2) is 0 Å². The van der Waals surface area contributed by atoms with Crippen LogP contribution in [0.25, 0.3) is 11.0 Å². The van der Waals surface area contributed by atoms with Gasteiger partial charge in [-0.05, 0) is 42.0 Å². The third-order valence-corrected chi connectivity index (χ3v) is 5.77. The molecule has 29 heavy (non-hydrogen) atoms. The van der Waals surface area contributed by atoms with E-state index in [4.69, 9.17) is 0 Å². The van der Waals surface area contributed by atoms with E-state index < -0.39 is 10.0 Å². The molecule has 8 heteroatoms. The number of benzene rings is 3. The minimum absolute atomic E-state index is 0.128. The van der Waals surface area contributed by atoms with Crippen molar-refractivity contribution in [2.75, 3.05) is 5.32 Å². The zero-order valence-electron chi connectivity index (χ0n) is 15.3. The Balaban J connectivity index is 1.40. The first-order chi connectivity index (χ1) is 14.0. The van der Waals surface area contributed by atoms with Gasteiger partial charge in [0, 0.05) is 12.1 Å². The van der Waals surface area contributed by atoms with Crippen LogP contribution in [-0.2, 0) is 16.6 Å². The Kier molecular flexibility index (Phi) is 5.11. The van der Waals surface area contributed by atoms with Gasteiger partial charge in [0.25, 0.3) is 5.91 Å². The zero-order valence-corrected chi connectivity index (χ0v) is 16.1. The van der Waals surface area contributed by atoms with Crippen molar-refractivity contribution in [2.24, 2.45) is 0 Å². The molecule has 0 radical (unpaired) electrons. The number of sulfonamides is 1. The Labute approximate surface area is 167 Å². The van der Waals surface area contributed by atoms with Crippen molar-refractivity contribution in [3.05, 3.63) is 90.0 Å². The van der Waals surface area contributed by atoms with Crippen LogP contribution < -0.4 is 10.0 Å². The highest BCUT2D eigenvalue weighted by Crippen LogP contribution is 2.15. The lowest BCUT2D eigenvalue weighted by Gasteiger charge is -2.07. The van der Waals surface area contributed by atoms with E-state index in [0.29, 0.717) is 11.5 Å². The van der Waals surface area contributed by atoms with E-state index >= 15 is 0 Å². The monoisotopic (exact) mass is 406 g/mol. The molecule has 1 heterocycles. The SMILES string of the molecule is O=C(Nc1nc2ccccc2[nH]1)c1ccc(CNS(=O)(=O)c2ccccc2)cc1. The molecular formula is C21H18N4O3S. The van der Waals surface area contributed by atoms with Gasteiger partial charge in [-0.2, -0.15) is 0 Å². The molecule has 0 bridgehead atoms. The van der Waals surface area contributed by atoms with E-state index in [2.05, 4.69) is 20.0 Å². The van der Waals surface area contributed by atoms with Crippen LogP contribution in [0.5, 0.6) is 0 Å².